The summed E-state index contributed by atoms with van der Waals surface area (Å²) in [7, 11) is 0. The van der Waals surface area contributed by atoms with Crippen LogP contribution in [0, 0.1) is 12.7 Å². The first kappa shape index (κ1) is 16.1. The molecule has 0 aliphatic heterocycles. The fraction of sp³-hybridized carbons (Fsp3) is 0.467. The van der Waals surface area contributed by atoms with E-state index in [9.17, 15) is 14.0 Å². The van der Waals surface area contributed by atoms with E-state index in [1.807, 2.05) is 0 Å². The normalized spacial score (nSPS) is 12.7. The maximum Gasteiger partial charge on any atom is 0.408 e. The van der Waals surface area contributed by atoms with Crippen LogP contribution in [0.4, 0.5) is 9.18 Å². The Labute approximate surface area is 118 Å². The number of nitrogens with one attached hydrogen (secondary N) is 1. The highest BCUT2D eigenvalue weighted by atomic mass is 19.1. The summed E-state index contributed by atoms with van der Waals surface area (Å²) in [5.74, 6) is -0.410. The number of carbonyl (C=O) groups excluding carboxylic acids is 2. The van der Waals surface area contributed by atoms with Gasteiger partial charge in [-0.1, -0.05) is 6.07 Å². The van der Waals surface area contributed by atoms with Crippen molar-refractivity contribution in [2.24, 2.45) is 0 Å². The monoisotopic (exact) mass is 281 g/mol. The average Bonchev–Trinajstić information content (AvgIpc) is 2.29. The van der Waals surface area contributed by atoms with E-state index in [-0.39, 0.29) is 6.42 Å². The third kappa shape index (κ3) is 4.99. The lowest BCUT2D eigenvalue weighted by atomic mass is 9.99. The molecular formula is C15H20FNO3. The van der Waals surface area contributed by atoms with E-state index in [0.29, 0.717) is 11.8 Å². The Hall–Kier alpha value is -1.91. The molecule has 1 amide bonds. The van der Waals surface area contributed by atoms with Gasteiger partial charge in [0.15, 0.2) is 0 Å². The Balaban J connectivity index is 2.91. The Morgan fingerprint density at radius 1 is 1.45 bits per heavy atom. The molecule has 0 aliphatic carbocycles. The van der Waals surface area contributed by atoms with Crippen LogP contribution in [-0.2, 0) is 9.53 Å². The molecule has 5 heteroatoms. The number of amides is 1. The molecule has 0 radical (unpaired) electrons. The minimum Gasteiger partial charge on any atom is -0.444 e. The summed E-state index contributed by atoms with van der Waals surface area (Å²) in [6.45, 7) is 7.03. The number of aryl methyl sites for hydroxylation is 1. The maximum absolute atomic E-state index is 13.3. The van der Waals surface area contributed by atoms with Crippen LogP contribution in [0.15, 0.2) is 18.2 Å². The molecular weight excluding hydrogens is 261 g/mol. The largest absolute Gasteiger partial charge is 0.444 e. The topological polar surface area (TPSA) is 55.4 Å². The summed E-state index contributed by atoms with van der Waals surface area (Å²) in [6, 6.07) is 3.67. The minimum atomic E-state index is -0.632. The lowest BCUT2D eigenvalue weighted by Crippen LogP contribution is -2.35. The number of hydrogen-bond acceptors (Lipinski definition) is 3. The van der Waals surface area contributed by atoms with Crippen molar-refractivity contribution in [3.8, 4) is 0 Å². The summed E-state index contributed by atoms with van der Waals surface area (Å²) in [6.07, 6.45) is 0.114. The van der Waals surface area contributed by atoms with Crippen LogP contribution in [0.5, 0.6) is 0 Å². The van der Waals surface area contributed by atoms with Gasteiger partial charge in [0.05, 0.1) is 6.04 Å². The van der Waals surface area contributed by atoms with Gasteiger partial charge in [-0.3, -0.25) is 0 Å². The number of alkyl carbamates (subject to hydrolysis) is 1. The summed E-state index contributed by atoms with van der Waals surface area (Å²) in [5.41, 5.74) is 0.740. The number of ether oxygens (including phenoxy) is 1. The molecule has 0 fully saturated rings. The highest BCUT2D eigenvalue weighted by Gasteiger charge is 2.21. The standard InChI is InChI=1S/C15H20FNO3/c1-10-5-6-11(16)9-12(10)13(7-8-18)17-14(19)20-15(2,3)4/h5-6,8-9,13H,7H2,1-4H3,(H,17,19)/t13-/m1/s1. The van der Waals surface area contributed by atoms with Gasteiger partial charge in [0.25, 0.3) is 0 Å². The second kappa shape index (κ2) is 6.50. The van der Waals surface area contributed by atoms with Crippen molar-refractivity contribution >= 4 is 12.4 Å². The van der Waals surface area contributed by atoms with Gasteiger partial charge < -0.3 is 14.8 Å². The summed E-state index contributed by atoms with van der Waals surface area (Å²) < 4.78 is 18.5. The third-order valence-electron chi connectivity index (χ3n) is 2.64. The van der Waals surface area contributed by atoms with Gasteiger partial charge in [-0.15, -0.1) is 0 Å². The third-order valence-corrected chi connectivity index (χ3v) is 2.64. The van der Waals surface area contributed by atoms with Gasteiger partial charge in [-0.25, -0.2) is 9.18 Å². The van der Waals surface area contributed by atoms with E-state index >= 15 is 0 Å². The molecule has 0 bridgehead atoms. The molecule has 0 heterocycles. The second-order valence-electron chi connectivity index (χ2n) is 5.60. The van der Waals surface area contributed by atoms with E-state index in [2.05, 4.69) is 5.32 Å². The first-order valence-electron chi connectivity index (χ1n) is 6.42. The molecule has 0 saturated heterocycles. The first-order valence-corrected chi connectivity index (χ1v) is 6.42. The fourth-order valence-corrected chi connectivity index (χ4v) is 1.80. The molecule has 1 aromatic rings. The summed E-state index contributed by atoms with van der Waals surface area (Å²) in [5, 5.41) is 2.60. The van der Waals surface area contributed by atoms with Gasteiger partial charge in [-0.05, 0) is 51.0 Å². The smallest absolute Gasteiger partial charge is 0.408 e. The van der Waals surface area contributed by atoms with Crippen LogP contribution >= 0.6 is 0 Å². The molecule has 0 aliphatic rings. The molecule has 0 unspecified atom stereocenters. The SMILES string of the molecule is Cc1ccc(F)cc1[C@@H](CC=O)NC(=O)OC(C)(C)C. The Morgan fingerprint density at radius 2 is 2.10 bits per heavy atom. The van der Waals surface area contributed by atoms with E-state index in [1.165, 1.54) is 12.1 Å². The summed E-state index contributed by atoms with van der Waals surface area (Å²) >= 11 is 0. The zero-order valence-corrected chi connectivity index (χ0v) is 12.2. The quantitative estimate of drug-likeness (QED) is 0.862. The van der Waals surface area contributed by atoms with Crippen LogP contribution in [-0.4, -0.2) is 18.0 Å². The van der Waals surface area contributed by atoms with E-state index in [1.54, 1.807) is 33.8 Å². The first-order chi connectivity index (χ1) is 9.23. The van der Waals surface area contributed by atoms with E-state index in [4.69, 9.17) is 4.74 Å². The van der Waals surface area contributed by atoms with E-state index < -0.39 is 23.6 Å². The van der Waals surface area contributed by atoms with Crippen molar-refractivity contribution in [2.45, 2.75) is 45.8 Å². The average molecular weight is 281 g/mol. The number of aldehydes is 1. The van der Waals surface area contributed by atoms with Gasteiger partial charge in [0.2, 0.25) is 0 Å². The van der Waals surface area contributed by atoms with Crippen LogP contribution in [0.25, 0.3) is 0 Å². The zero-order valence-electron chi connectivity index (χ0n) is 12.2. The molecule has 1 atom stereocenters. The molecule has 0 saturated carbocycles. The predicted octanol–water partition coefficient (Wildman–Crippen LogP) is 3.29. The maximum atomic E-state index is 13.3. The van der Waals surface area contributed by atoms with Crippen LogP contribution in [0.3, 0.4) is 0 Å². The molecule has 20 heavy (non-hydrogen) atoms. The molecule has 1 rings (SSSR count). The lowest BCUT2D eigenvalue weighted by molar-refractivity contribution is -0.108. The molecule has 4 nitrogen and oxygen atoms in total. The van der Waals surface area contributed by atoms with Crippen molar-refractivity contribution in [2.75, 3.05) is 0 Å². The highest BCUT2D eigenvalue weighted by Crippen LogP contribution is 2.22. The number of halogens is 1. The second-order valence-corrected chi connectivity index (χ2v) is 5.60. The molecule has 0 aromatic heterocycles. The number of benzene rings is 1. The zero-order chi connectivity index (χ0) is 15.3. The van der Waals surface area contributed by atoms with Gasteiger partial charge >= 0.3 is 6.09 Å². The summed E-state index contributed by atoms with van der Waals surface area (Å²) in [4.78, 5) is 22.5. The van der Waals surface area contributed by atoms with E-state index in [0.717, 1.165) is 5.56 Å². The van der Waals surface area contributed by atoms with Crippen molar-refractivity contribution in [1.29, 1.82) is 0 Å². The number of rotatable bonds is 4. The van der Waals surface area contributed by atoms with Crippen LogP contribution < -0.4 is 5.32 Å². The van der Waals surface area contributed by atoms with Crippen molar-refractivity contribution in [3.05, 3.63) is 35.1 Å². The highest BCUT2D eigenvalue weighted by molar-refractivity contribution is 5.69. The Kier molecular flexibility index (Phi) is 5.25. The predicted molar refractivity (Wildman–Crippen MR) is 73.9 cm³/mol. The molecule has 1 N–H and O–H groups in total. The van der Waals surface area contributed by atoms with Gasteiger partial charge in [0, 0.05) is 6.42 Å². The van der Waals surface area contributed by atoms with Crippen molar-refractivity contribution < 1.29 is 18.7 Å². The Morgan fingerprint density at radius 3 is 2.65 bits per heavy atom. The molecule has 110 valence electrons. The van der Waals surface area contributed by atoms with Crippen molar-refractivity contribution in [3.63, 3.8) is 0 Å². The lowest BCUT2D eigenvalue weighted by Gasteiger charge is -2.23. The minimum absolute atomic E-state index is 0.0591. The fourth-order valence-electron chi connectivity index (χ4n) is 1.80. The Bertz CT molecular complexity index is 494. The number of hydrogen-bond donors (Lipinski definition) is 1. The van der Waals surface area contributed by atoms with Crippen LogP contribution in [0.1, 0.15) is 44.4 Å². The van der Waals surface area contributed by atoms with Crippen LogP contribution in [0.2, 0.25) is 0 Å². The van der Waals surface area contributed by atoms with Crippen molar-refractivity contribution in [1.82, 2.24) is 5.32 Å². The molecule has 0 spiro atoms. The van der Waals surface area contributed by atoms with Gasteiger partial charge in [0.1, 0.15) is 17.7 Å². The number of carbonyl (C=O) groups is 2. The van der Waals surface area contributed by atoms with Gasteiger partial charge in [-0.2, -0.15) is 0 Å². The molecule has 1 aromatic carbocycles.